The summed E-state index contributed by atoms with van der Waals surface area (Å²) < 4.78 is 0. The van der Waals surface area contributed by atoms with Gasteiger partial charge in [0.2, 0.25) is 0 Å². The normalized spacial score (nSPS) is 10.7. The molecule has 0 unspecified atom stereocenters. The van der Waals surface area contributed by atoms with Crippen LogP contribution in [0.1, 0.15) is 5.56 Å². The molecule has 1 aromatic carbocycles. The van der Waals surface area contributed by atoms with Crippen LogP contribution in [0.3, 0.4) is 0 Å². The van der Waals surface area contributed by atoms with Crippen LogP contribution in [0.2, 0.25) is 0 Å². The van der Waals surface area contributed by atoms with Crippen molar-refractivity contribution in [3.8, 4) is 11.3 Å². The number of rotatable bonds is 1. The van der Waals surface area contributed by atoms with Gasteiger partial charge in [-0.25, -0.2) is 5.10 Å². The molecule has 3 aromatic rings. The number of nitrogens with one attached hydrogen (secondary N) is 1. The number of nitrogens with zero attached hydrogens (tertiary/aromatic N) is 2. The lowest BCUT2D eigenvalue weighted by atomic mass is 10.1. The second-order valence-electron chi connectivity index (χ2n) is 4.19. The summed E-state index contributed by atoms with van der Waals surface area (Å²) in [5.41, 5.74) is 2.71. The van der Waals surface area contributed by atoms with Crippen molar-refractivity contribution in [2.75, 3.05) is 0 Å². The van der Waals surface area contributed by atoms with E-state index >= 15 is 0 Å². The molecule has 0 aliphatic heterocycles. The predicted molar refractivity (Wildman–Crippen MR) is 70.3 cm³/mol. The molecule has 4 nitrogen and oxygen atoms in total. The number of aryl methyl sites for hydroxylation is 1. The molecule has 3 rings (SSSR count). The van der Waals surface area contributed by atoms with Gasteiger partial charge < -0.3 is 0 Å². The highest BCUT2D eigenvalue weighted by Crippen LogP contribution is 2.23. The quantitative estimate of drug-likeness (QED) is 0.706. The monoisotopic (exact) mass is 237 g/mol. The molecule has 88 valence electrons. The zero-order chi connectivity index (χ0) is 12.5. The van der Waals surface area contributed by atoms with Gasteiger partial charge in [-0.3, -0.25) is 9.78 Å². The number of hydrogen-bond donors (Lipinski definition) is 1. The first-order valence-electron chi connectivity index (χ1n) is 5.65. The number of pyridine rings is 1. The van der Waals surface area contributed by atoms with E-state index in [1.165, 1.54) is 5.56 Å². The Morgan fingerprint density at radius 1 is 1.06 bits per heavy atom. The number of benzene rings is 1. The molecule has 0 fully saturated rings. The highest BCUT2D eigenvalue weighted by atomic mass is 16.1. The van der Waals surface area contributed by atoms with Gasteiger partial charge in [0.25, 0.3) is 5.56 Å². The topological polar surface area (TPSA) is 58.6 Å². The number of fused-ring (bicyclic) bond motifs is 1. The van der Waals surface area contributed by atoms with Gasteiger partial charge in [0, 0.05) is 23.3 Å². The Labute approximate surface area is 103 Å². The summed E-state index contributed by atoms with van der Waals surface area (Å²) in [5, 5.41) is 8.03. The van der Waals surface area contributed by atoms with Crippen molar-refractivity contribution in [2.45, 2.75) is 6.92 Å². The molecule has 0 bridgehead atoms. The van der Waals surface area contributed by atoms with E-state index in [1.54, 1.807) is 18.5 Å². The molecule has 0 saturated heterocycles. The first kappa shape index (κ1) is 10.7. The number of H-pyrrole nitrogens is 1. The van der Waals surface area contributed by atoms with Gasteiger partial charge in [0.15, 0.2) is 0 Å². The summed E-state index contributed by atoms with van der Waals surface area (Å²) in [6.07, 6.45) is 3.28. The van der Waals surface area contributed by atoms with Crippen LogP contribution in [0.15, 0.2) is 47.5 Å². The SMILES string of the molecule is Cc1ccc(-c2n[nH]c(=O)c3ccncc23)cc1. The highest BCUT2D eigenvalue weighted by Gasteiger charge is 2.08. The Kier molecular flexibility index (Phi) is 2.41. The average molecular weight is 237 g/mol. The molecule has 2 aromatic heterocycles. The lowest BCUT2D eigenvalue weighted by Crippen LogP contribution is -2.09. The minimum Gasteiger partial charge on any atom is -0.267 e. The smallest absolute Gasteiger partial charge is 0.267 e. The Balaban J connectivity index is 2.33. The standard InChI is InChI=1S/C14H11N3O/c1-9-2-4-10(5-3-9)13-12-8-15-7-6-11(12)14(18)17-16-13/h2-8H,1H3,(H,17,18). The van der Waals surface area contributed by atoms with Crippen LogP contribution in [0.4, 0.5) is 0 Å². The fourth-order valence-corrected chi connectivity index (χ4v) is 1.94. The summed E-state index contributed by atoms with van der Waals surface area (Å²) in [6, 6.07) is 9.72. The van der Waals surface area contributed by atoms with E-state index in [1.807, 2.05) is 31.2 Å². The summed E-state index contributed by atoms with van der Waals surface area (Å²) in [7, 11) is 0. The van der Waals surface area contributed by atoms with Gasteiger partial charge in [-0.1, -0.05) is 29.8 Å². The molecule has 0 atom stereocenters. The van der Waals surface area contributed by atoms with Crippen LogP contribution in [-0.2, 0) is 0 Å². The molecule has 0 amide bonds. The molecule has 18 heavy (non-hydrogen) atoms. The van der Waals surface area contributed by atoms with Gasteiger partial charge >= 0.3 is 0 Å². The number of aromatic nitrogens is 3. The van der Waals surface area contributed by atoms with E-state index in [9.17, 15) is 4.79 Å². The van der Waals surface area contributed by atoms with Crippen molar-refractivity contribution in [3.63, 3.8) is 0 Å². The van der Waals surface area contributed by atoms with E-state index in [-0.39, 0.29) is 5.56 Å². The fourth-order valence-electron chi connectivity index (χ4n) is 1.94. The van der Waals surface area contributed by atoms with Crippen LogP contribution in [0, 0.1) is 6.92 Å². The molecule has 0 aliphatic rings. The Morgan fingerprint density at radius 2 is 1.83 bits per heavy atom. The third-order valence-electron chi connectivity index (χ3n) is 2.92. The van der Waals surface area contributed by atoms with Crippen molar-refractivity contribution in [3.05, 3.63) is 58.6 Å². The zero-order valence-corrected chi connectivity index (χ0v) is 9.84. The Morgan fingerprint density at radius 3 is 2.61 bits per heavy atom. The van der Waals surface area contributed by atoms with E-state index in [2.05, 4.69) is 15.2 Å². The molecular formula is C14H11N3O. The molecule has 2 heterocycles. The average Bonchev–Trinajstić information content (AvgIpc) is 2.41. The van der Waals surface area contributed by atoms with E-state index in [0.717, 1.165) is 16.6 Å². The minimum absolute atomic E-state index is 0.191. The van der Waals surface area contributed by atoms with E-state index in [0.29, 0.717) is 5.39 Å². The molecule has 4 heteroatoms. The van der Waals surface area contributed by atoms with Crippen molar-refractivity contribution >= 4 is 10.8 Å². The third kappa shape index (κ3) is 1.68. The second-order valence-corrected chi connectivity index (χ2v) is 4.19. The summed E-state index contributed by atoms with van der Waals surface area (Å²) >= 11 is 0. The lowest BCUT2D eigenvalue weighted by Gasteiger charge is -2.04. The maximum absolute atomic E-state index is 11.7. The third-order valence-corrected chi connectivity index (χ3v) is 2.92. The van der Waals surface area contributed by atoms with E-state index < -0.39 is 0 Å². The first-order chi connectivity index (χ1) is 8.75. The number of aromatic amines is 1. The maximum atomic E-state index is 11.7. The minimum atomic E-state index is -0.191. The van der Waals surface area contributed by atoms with Crippen molar-refractivity contribution in [2.24, 2.45) is 0 Å². The van der Waals surface area contributed by atoms with Crippen LogP contribution in [0.25, 0.3) is 22.0 Å². The van der Waals surface area contributed by atoms with Crippen molar-refractivity contribution in [1.29, 1.82) is 0 Å². The van der Waals surface area contributed by atoms with Crippen LogP contribution in [-0.4, -0.2) is 15.2 Å². The number of hydrogen-bond acceptors (Lipinski definition) is 3. The largest absolute Gasteiger partial charge is 0.272 e. The predicted octanol–water partition coefficient (Wildman–Crippen LogP) is 2.29. The molecule has 0 aliphatic carbocycles. The van der Waals surface area contributed by atoms with Crippen LogP contribution < -0.4 is 5.56 Å². The molecular weight excluding hydrogens is 226 g/mol. The second kappa shape index (κ2) is 4.07. The maximum Gasteiger partial charge on any atom is 0.272 e. The fraction of sp³-hybridized carbons (Fsp3) is 0.0714. The molecule has 1 N–H and O–H groups in total. The van der Waals surface area contributed by atoms with Gasteiger partial charge in [-0.05, 0) is 13.0 Å². The van der Waals surface area contributed by atoms with Crippen molar-refractivity contribution < 1.29 is 0 Å². The van der Waals surface area contributed by atoms with Gasteiger partial charge in [0.1, 0.15) is 5.69 Å². The summed E-state index contributed by atoms with van der Waals surface area (Å²) in [6.45, 7) is 2.03. The molecule has 0 saturated carbocycles. The van der Waals surface area contributed by atoms with Crippen LogP contribution in [0.5, 0.6) is 0 Å². The van der Waals surface area contributed by atoms with Gasteiger partial charge in [0.05, 0.1) is 5.39 Å². The van der Waals surface area contributed by atoms with Crippen molar-refractivity contribution in [1.82, 2.24) is 15.2 Å². The van der Waals surface area contributed by atoms with Gasteiger partial charge in [-0.2, -0.15) is 5.10 Å². The first-order valence-corrected chi connectivity index (χ1v) is 5.65. The Hall–Kier alpha value is -2.49. The lowest BCUT2D eigenvalue weighted by molar-refractivity contribution is 1.01. The summed E-state index contributed by atoms with van der Waals surface area (Å²) in [5.74, 6) is 0. The summed E-state index contributed by atoms with van der Waals surface area (Å²) in [4.78, 5) is 15.7. The molecule has 0 radical (unpaired) electrons. The highest BCUT2D eigenvalue weighted by molar-refractivity contribution is 5.92. The molecule has 0 spiro atoms. The van der Waals surface area contributed by atoms with Gasteiger partial charge in [-0.15, -0.1) is 0 Å². The van der Waals surface area contributed by atoms with Crippen LogP contribution >= 0.6 is 0 Å². The Bertz CT molecular complexity index is 760. The van der Waals surface area contributed by atoms with E-state index in [4.69, 9.17) is 0 Å². The zero-order valence-electron chi connectivity index (χ0n) is 9.84.